The van der Waals surface area contributed by atoms with Crippen LogP contribution in [-0.4, -0.2) is 6.61 Å². The number of aryl methyl sites for hydroxylation is 3. The molecule has 4 aromatic rings. The lowest BCUT2D eigenvalue weighted by Crippen LogP contribution is -2.06. The lowest BCUT2D eigenvalue weighted by Gasteiger charge is -2.10. The topological polar surface area (TPSA) is 9.23 Å². The monoisotopic (exact) mass is 522 g/mol. The van der Waals surface area contributed by atoms with Crippen molar-refractivity contribution in [3.63, 3.8) is 0 Å². The molecular formula is C32H27F5O. The second-order valence-corrected chi connectivity index (χ2v) is 9.15. The Hall–Kier alpha value is -3.85. The molecule has 0 bridgehead atoms. The molecule has 0 unspecified atom stereocenters. The van der Waals surface area contributed by atoms with E-state index in [9.17, 15) is 17.6 Å². The summed E-state index contributed by atoms with van der Waals surface area (Å²) in [5.41, 5.74) is 3.56. The second kappa shape index (κ2) is 12.6. The van der Waals surface area contributed by atoms with Crippen molar-refractivity contribution < 1.29 is 26.7 Å². The highest BCUT2D eigenvalue weighted by atomic mass is 19.3. The van der Waals surface area contributed by atoms with Gasteiger partial charge in [0.2, 0.25) is 0 Å². The molecule has 0 radical (unpaired) electrons. The molecule has 6 heteroatoms. The van der Waals surface area contributed by atoms with Gasteiger partial charge < -0.3 is 4.74 Å². The normalized spacial score (nSPS) is 11.0. The number of halogens is 5. The van der Waals surface area contributed by atoms with Crippen molar-refractivity contribution in [3.8, 4) is 17.6 Å². The third-order valence-electron chi connectivity index (χ3n) is 6.36. The Kier molecular flexibility index (Phi) is 9.02. The Balaban J connectivity index is 1.45. The summed E-state index contributed by atoms with van der Waals surface area (Å²) in [5, 5.41) is 1.11. The third-order valence-corrected chi connectivity index (χ3v) is 6.36. The summed E-state index contributed by atoms with van der Waals surface area (Å²) in [4.78, 5) is 0. The Morgan fingerprint density at radius 3 is 2.08 bits per heavy atom. The zero-order valence-corrected chi connectivity index (χ0v) is 21.0. The van der Waals surface area contributed by atoms with E-state index in [4.69, 9.17) is 0 Å². The molecule has 38 heavy (non-hydrogen) atoms. The number of hydrogen-bond donors (Lipinski definition) is 0. The summed E-state index contributed by atoms with van der Waals surface area (Å²) in [7, 11) is 0. The van der Waals surface area contributed by atoms with E-state index in [1.54, 1.807) is 24.3 Å². The fourth-order valence-electron chi connectivity index (χ4n) is 4.32. The van der Waals surface area contributed by atoms with Gasteiger partial charge in [-0.1, -0.05) is 61.9 Å². The van der Waals surface area contributed by atoms with E-state index >= 15 is 4.39 Å². The van der Waals surface area contributed by atoms with Gasteiger partial charge in [-0.15, -0.1) is 0 Å². The van der Waals surface area contributed by atoms with Gasteiger partial charge in [0, 0.05) is 16.5 Å². The zero-order valence-electron chi connectivity index (χ0n) is 21.0. The van der Waals surface area contributed by atoms with Crippen molar-refractivity contribution in [1.82, 2.24) is 0 Å². The molecule has 0 fully saturated rings. The fraction of sp³-hybridized carbons (Fsp3) is 0.250. The summed E-state index contributed by atoms with van der Waals surface area (Å²) in [5.74, 6) is 2.29. The van der Waals surface area contributed by atoms with Crippen LogP contribution in [-0.2, 0) is 19.3 Å². The molecule has 0 heterocycles. The van der Waals surface area contributed by atoms with Gasteiger partial charge >= 0.3 is 6.61 Å². The maximum atomic E-state index is 15.2. The van der Waals surface area contributed by atoms with Crippen molar-refractivity contribution in [2.45, 2.75) is 52.1 Å². The van der Waals surface area contributed by atoms with Crippen LogP contribution in [0.25, 0.3) is 10.8 Å². The Morgan fingerprint density at radius 1 is 0.711 bits per heavy atom. The predicted molar refractivity (Wildman–Crippen MR) is 140 cm³/mol. The maximum Gasteiger partial charge on any atom is 0.387 e. The first-order valence-corrected chi connectivity index (χ1v) is 12.6. The van der Waals surface area contributed by atoms with E-state index in [2.05, 4.69) is 35.6 Å². The highest BCUT2D eigenvalue weighted by molar-refractivity contribution is 5.85. The van der Waals surface area contributed by atoms with Crippen LogP contribution in [0.1, 0.15) is 54.0 Å². The molecule has 0 aliphatic rings. The van der Waals surface area contributed by atoms with Crippen molar-refractivity contribution in [2.24, 2.45) is 0 Å². The molecule has 196 valence electrons. The van der Waals surface area contributed by atoms with Gasteiger partial charge in [0.15, 0.2) is 17.4 Å². The van der Waals surface area contributed by atoms with Gasteiger partial charge in [-0.3, -0.25) is 0 Å². The molecule has 4 rings (SSSR count). The lowest BCUT2D eigenvalue weighted by atomic mass is 9.99. The summed E-state index contributed by atoms with van der Waals surface area (Å²) in [6.07, 6.45) is 4.95. The van der Waals surface area contributed by atoms with Crippen molar-refractivity contribution >= 4 is 10.8 Å². The minimum Gasteiger partial charge on any atom is -0.429 e. The minimum atomic E-state index is -3.34. The molecular weight excluding hydrogens is 495 g/mol. The lowest BCUT2D eigenvalue weighted by molar-refractivity contribution is -0.0546. The molecule has 4 aromatic carbocycles. The van der Waals surface area contributed by atoms with Crippen molar-refractivity contribution in [1.29, 1.82) is 0 Å². The molecule has 0 aliphatic carbocycles. The van der Waals surface area contributed by atoms with Crippen LogP contribution < -0.4 is 4.74 Å². The molecule has 0 spiro atoms. The summed E-state index contributed by atoms with van der Waals surface area (Å²) in [6.45, 7) is -1.15. The average molecular weight is 523 g/mol. The molecule has 0 aliphatic heterocycles. The quantitative estimate of drug-likeness (QED) is 0.121. The molecule has 0 atom stereocenters. The van der Waals surface area contributed by atoms with E-state index < -0.39 is 29.8 Å². The Bertz CT molecular complexity index is 1440. The average Bonchev–Trinajstić information content (AvgIpc) is 2.90. The fourth-order valence-corrected chi connectivity index (χ4v) is 4.32. The number of fused-ring (bicyclic) bond motifs is 1. The Labute approximate surface area is 219 Å². The summed E-state index contributed by atoms with van der Waals surface area (Å²) < 4.78 is 71.7. The van der Waals surface area contributed by atoms with Gasteiger partial charge in [-0.05, 0) is 84.2 Å². The number of unbranched alkanes of at least 4 members (excludes halogenated alkanes) is 2. The van der Waals surface area contributed by atoms with E-state index in [0.29, 0.717) is 16.3 Å². The SMILES string of the molecule is CCCCCc1ccc(C#Cc2ccc3c(F)c(CCc4cc(F)c(OC(F)F)c(F)c4)ccc3c2)cc1. The first-order chi connectivity index (χ1) is 18.3. The van der Waals surface area contributed by atoms with E-state index in [-0.39, 0.29) is 18.4 Å². The van der Waals surface area contributed by atoms with Gasteiger partial charge in [0.05, 0.1) is 0 Å². The van der Waals surface area contributed by atoms with E-state index in [0.717, 1.165) is 29.7 Å². The number of benzene rings is 4. The number of hydrogen-bond acceptors (Lipinski definition) is 1. The van der Waals surface area contributed by atoms with Crippen molar-refractivity contribution in [3.05, 3.63) is 112 Å². The van der Waals surface area contributed by atoms with Crippen LogP contribution in [0, 0.1) is 29.3 Å². The van der Waals surface area contributed by atoms with Crippen LogP contribution in [0.5, 0.6) is 5.75 Å². The smallest absolute Gasteiger partial charge is 0.387 e. The standard InChI is InChI=1S/C32H27F5O/c1-2-3-4-5-21-6-8-22(9-7-21)10-11-23-13-17-27-26(18-23)16-15-25(30(27)35)14-12-24-19-28(33)31(29(34)20-24)38-32(36)37/h6-9,13,15-20,32H,2-5,12,14H2,1H3. The number of rotatable bonds is 9. The van der Waals surface area contributed by atoms with Crippen molar-refractivity contribution in [2.75, 3.05) is 0 Å². The van der Waals surface area contributed by atoms with Crippen LogP contribution >= 0.6 is 0 Å². The first kappa shape index (κ1) is 27.2. The highest BCUT2D eigenvalue weighted by Gasteiger charge is 2.17. The molecule has 0 saturated heterocycles. The molecule has 0 aromatic heterocycles. The van der Waals surface area contributed by atoms with Gasteiger partial charge in [-0.25, -0.2) is 13.2 Å². The molecule has 1 nitrogen and oxygen atoms in total. The van der Waals surface area contributed by atoms with Crippen LogP contribution in [0.15, 0.2) is 66.7 Å². The van der Waals surface area contributed by atoms with Crippen LogP contribution in [0.2, 0.25) is 0 Å². The molecule has 0 saturated carbocycles. The molecule has 0 amide bonds. The van der Waals surface area contributed by atoms with E-state index in [1.807, 2.05) is 18.2 Å². The molecule has 0 N–H and O–H groups in total. The zero-order chi connectivity index (χ0) is 27.1. The first-order valence-electron chi connectivity index (χ1n) is 12.6. The van der Waals surface area contributed by atoms with Crippen LogP contribution in [0.3, 0.4) is 0 Å². The van der Waals surface area contributed by atoms with Gasteiger partial charge in [0.25, 0.3) is 0 Å². The van der Waals surface area contributed by atoms with Crippen LogP contribution in [0.4, 0.5) is 22.0 Å². The number of alkyl halides is 2. The third kappa shape index (κ3) is 6.92. The highest BCUT2D eigenvalue weighted by Crippen LogP contribution is 2.27. The van der Waals surface area contributed by atoms with Gasteiger partial charge in [-0.2, -0.15) is 8.78 Å². The maximum absolute atomic E-state index is 15.2. The minimum absolute atomic E-state index is 0.117. The summed E-state index contributed by atoms with van der Waals surface area (Å²) in [6, 6.07) is 18.7. The Morgan fingerprint density at radius 2 is 1.39 bits per heavy atom. The predicted octanol–water partition coefficient (Wildman–Crippen LogP) is 8.78. The number of ether oxygens (including phenoxy) is 1. The van der Waals surface area contributed by atoms with E-state index in [1.165, 1.54) is 24.8 Å². The second-order valence-electron chi connectivity index (χ2n) is 9.15. The summed E-state index contributed by atoms with van der Waals surface area (Å²) >= 11 is 0. The largest absolute Gasteiger partial charge is 0.429 e. The van der Waals surface area contributed by atoms with Gasteiger partial charge in [0.1, 0.15) is 5.82 Å².